The van der Waals surface area contributed by atoms with Gasteiger partial charge in [0.15, 0.2) is 0 Å². The first-order valence-corrected chi connectivity index (χ1v) is 7.27. The molecule has 4 heteroatoms. The molecule has 2 aliphatic heterocycles. The maximum absolute atomic E-state index is 12.6. The Morgan fingerprint density at radius 3 is 2.60 bits per heavy atom. The molecule has 0 aromatic heterocycles. The predicted octanol–water partition coefficient (Wildman–Crippen LogP) is 1.58. The molecule has 1 aromatic rings. The van der Waals surface area contributed by atoms with Gasteiger partial charge in [0.05, 0.1) is 24.6 Å². The molecule has 2 aliphatic rings. The molecular weight excluding hydrogens is 252 g/mol. The zero-order valence-corrected chi connectivity index (χ0v) is 12.1. The van der Waals surface area contributed by atoms with Gasteiger partial charge in [-0.1, -0.05) is 30.3 Å². The third kappa shape index (κ3) is 2.45. The van der Waals surface area contributed by atoms with Crippen molar-refractivity contribution in [3.05, 3.63) is 35.9 Å². The maximum Gasteiger partial charge on any atom is 0.228 e. The number of morpholine rings is 1. The predicted molar refractivity (Wildman–Crippen MR) is 77.3 cm³/mol. The lowest BCUT2D eigenvalue weighted by atomic mass is 9.93. The van der Waals surface area contributed by atoms with E-state index in [0.717, 1.165) is 18.7 Å². The van der Waals surface area contributed by atoms with Crippen molar-refractivity contribution in [1.29, 1.82) is 0 Å². The van der Waals surface area contributed by atoms with Gasteiger partial charge in [-0.05, 0) is 19.4 Å². The van der Waals surface area contributed by atoms with E-state index in [1.807, 2.05) is 23.1 Å². The number of hydrogen-bond donors (Lipinski definition) is 1. The number of rotatable bonds is 2. The van der Waals surface area contributed by atoms with Crippen LogP contribution in [0, 0.1) is 5.92 Å². The van der Waals surface area contributed by atoms with Gasteiger partial charge in [-0.3, -0.25) is 4.79 Å². The van der Waals surface area contributed by atoms with Crippen LogP contribution in [0.5, 0.6) is 0 Å². The lowest BCUT2D eigenvalue weighted by molar-refractivity contribution is -0.160. The maximum atomic E-state index is 12.6. The summed E-state index contributed by atoms with van der Waals surface area (Å²) in [5, 5.41) is 3.17. The highest BCUT2D eigenvalue weighted by molar-refractivity contribution is 5.81. The lowest BCUT2D eigenvalue weighted by Crippen LogP contribution is -2.61. The summed E-state index contributed by atoms with van der Waals surface area (Å²) in [6.45, 7) is 7.01. The Morgan fingerprint density at radius 1 is 1.30 bits per heavy atom. The van der Waals surface area contributed by atoms with Crippen LogP contribution in [0.2, 0.25) is 0 Å². The molecule has 4 nitrogen and oxygen atoms in total. The van der Waals surface area contributed by atoms with E-state index in [1.165, 1.54) is 0 Å². The fraction of sp³-hybridized carbons (Fsp3) is 0.562. The van der Waals surface area contributed by atoms with Crippen molar-refractivity contribution in [3.8, 4) is 0 Å². The van der Waals surface area contributed by atoms with E-state index in [1.54, 1.807) is 0 Å². The van der Waals surface area contributed by atoms with E-state index in [9.17, 15) is 4.79 Å². The number of nitrogens with zero attached hydrogens (tertiary/aromatic N) is 1. The molecule has 0 aliphatic carbocycles. The molecule has 1 atom stereocenters. The minimum Gasteiger partial charge on any atom is -0.369 e. The molecule has 1 amide bonds. The van der Waals surface area contributed by atoms with Gasteiger partial charge < -0.3 is 15.0 Å². The Labute approximate surface area is 120 Å². The Morgan fingerprint density at radius 2 is 2.00 bits per heavy atom. The van der Waals surface area contributed by atoms with Gasteiger partial charge in [0.25, 0.3) is 0 Å². The van der Waals surface area contributed by atoms with Crippen molar-refractivity contribution in [2.75, 3.05) is 26.2 Å². The average molecular weight is 274 g/mol. The number of benzene rings is 1. The number of nitrogens with one attached hydrogen (secondary N) is 1. The highest BCUT2D eigenvalue weighted by Crippen LogP contribution is 2.31. The first-order chi connectivity index (χ1) is 9.58. The van der Waals surface area contributed by atoms with Crippen molar-refractivity contribution in [3.63, 3.8) is 0 Å². The zero-order chi connectivity index (χ0) is 14.2. The van der Waals surface area contributed by atoms with Crippen LogP contribution >= 0.6 is 0 Å². The van der Waals surface area contributed by atoms with Crippen molar-refractivity contribution in [2.45, 2.75) is 25.5 Å². The molecule has 2 fully saturated rings. The number of amides is 1. The third-order valence-corrected chi connectivity index (χ3v) is 4.28. The number of hydrogen-bond acceptors (Lipinski definition) is 3. The molecule has 20 heavy (non-hydrogen) atoms. The Hall–Kier alpha value is -1.39. The molecule has 1 unspecified atom stereocenters. The van der Waals surface area contributed by atoms with Crippen LogP contribution in [0.1, 0.15) is 25.5 Å². The quantitative estimate of drug-likeness (QED) is 0.890. The summed E-state index contributed by atoms with van der Waals surface area (Å²) in [7, 11) is 0. The largest absolute Gasteiger partial charge is 0.369 e. The smallest absolute Gasteiger partial charge is 0.228 e. The van der Waals surface area contributed by atoms with Crippen molar-refractivity contribution < 1.29 is 9.53 Å². The molecule has 1 N–H and O–H groups in total. The lowest BCUT2D eigenvalue weighted by Gasteiger charge is -2.47. The van der Waals surface area contributed by atoms with Gasteiger partial charge in [-0.25, -0.2) is 0 Å². The van der Waals surface area contributed by atoms with Crippen LogP contribution in [0.3, 0.4) is 0 Å². The molecule has 0 saturated carbocycles. The van der Waals surface area contributed by atoms with Crippen LogP contribution < -0.4 is 5.32 Å². The molecule has 0 radical (unpaired) electrons. The van der Waals surface area contributed by atoms with E-state index in [-0.39, 0.29) is 23.5 Å². The standard InChI is InChI=1S/C16H22N2O2/c1-16(2)11-20-14(12-6-4-3-5-7-12)10-18(16)15(19)13-8-17-9-13/h3-7,13-14,17H,8-11H2,1-2H3. The summed E-state index contributed by atoms with van der Waals surface area (Å²) in [6, 6.07) is 10.2. The van der Waals surface area contributed by atoms with Crippen LogP contribution in [0.15, 0.2) is 30.3 Å². The van der Waals surface area contributed by atoms with E-state index < -0.39 is 0 Å². The zero-order valence-electron chi connectivity index (χ0n) is 12.1. The first-order valence-electron chi connectivity index (χ1n) is 7.27. The fourth-order valence-corrected chi connectivity index (χ4v) is 2.79. The molecule has 0 spiro atoms. The number of carbonyl (C=O) groups excluding carboxylic acids is 1. The number of ether oxygens (including phenoxy) is 1. The minimum atomic E-state index is -0.224. The highest BCUT2D eigenvalue weighted by Gasteiger charge is 2.41. The monoisotopic (exact) mass is 274 g/mol. The summed E-state index contributed by atoms with van der Waals surface area (Å²) in [5.74, 6) is 0.404. The second-order valence-corrected chi connectivity index (χ2v) is 6.33. The molecule has 1 aromatic carbocycles. The van der Waals surface area contributed by atoms with Crippen molar-refractivity contribution >= 4 is 5.91 Å². The molecule has 2 heterocycles. The van der Waals surface area contributed by atoms with E-state index in [4.69, 9.17) is 4.74 Å². The first kappa shape index (κ1) is 13.6. The summed E-state index contributed by atoms with van der Waals surface area (Å²) in [4.78, 5) is 14.6. The van der Waals surface area contributed by atoms with Gasteiger partial charge in [-0.15, -0.1) is 0 Å². The fourth-order valence-electron chi connectivity index (χ4n) is 2.79. The van der Waals surface area contributed by atoms with Gasteiger partial charge in [0.1, 0.15) is 6.10 Å². The van der Waals surface area contributed by atoms with E-state index in [2.05, 4.69) is 31.3 Å². The van der Waals surface area contributed by atoms with Crippen molar-refractivity contribution in [1.82, 2.24) is 10.2 Å². The topological polar surface area (TPSA) is 41.6 Å². The van der Waals surface area contributed by atoms with E-state index in [0.29, 0.717) is 13.2 Å². The van der Waals surface area contributed by atoms with Gasteiger partial charge in [0.2, 0.25) is 5.91 Å². The minimum absolute atomic E-state index is 0.0128. The van der Waals surface area contributed by atoms with Gasteiger partial charge in [0, 0.05) is 13.1 Å². The normalized spacial score (nSPS) is 26.1. The summed E-state index contributed by atoms with van der Waals surface area (Å²) < 4.78 is 5.98. The molecule has 108 valence electrons. The number of carbonyl (C=O) groups is 1. The van der Waals surface area contributed by atoms with Crippen LogP contribution in [0.25, 0.3) is 0 Å². The van der Waals surface area contributed by atoms with Crippen LogP contribution in [-0.4, -0.2) is 42.6 Å². The molecule has 3 rings (SSSR count). The summed E-state index contributed by atoms with van der Waals surface area (Å²) >= 11 is 0. The highest BCUT2D eigenvalue weighted by atomic mass is 16.5. The summed E-state index contributed by atoms with van der Waals surface area (Å²) in [5.41, 5.74) is 0.922. The van der Waals surface area contributed by atoms with E-state index >= 15 is 0 Å². The SMILES string of the molecule is CC1(C)COC(c2ccccc2)CN1C(=O)C1CNC1. The Balaban J connectivity index is 1.77. The Bertz CT molecular complexity index is 483. The Kier molecular flexibility index (Phi) is 3.52. The third-order valence-electron chi connectivity index (χ3n) is 4.28. The second-order valence-electron chi connectivity index (χ2n) is 6.33. The van der Waals surface area contributed by atoms with Crippen LogP contribution in [0.4, 0.5) is 0 Å². The summed E-state index contributed by atoms with van der Waals surface area (Å²) in [6.07, 6.45) is -0.0128. The van der Waals surface area contributed by atoms with Gasteiger partial charge >= 0.3 is 0 Å². The second kappa shape index (κ2) is 5.19. The van der Waals surface area contributed by atoms with Crippen molar-refractivity contribution in [2.24, 2.45) is 5.92 Å². The van der Waals surface area contributed by atoms with Crippen LogP contribution in [-0.2, 0) is 9.53 Å². The van der Waals surface area contributed by atoms with Gasteiger partial charge in [-0.2, -0.15) is 0 Å². The molecular formula is C16H22N2O2. The molecule has 0 bridgehead atoms. The average Bonchev–Trinajstić information content (AvgIpc) is 2.37. The molecule has 2 saturated heterocycles.